The van der Waals surface area contributed by atoms with E-state index in [2.05, 4.69) is 23.3 Å². The molecule has 3 rings (SSSR count). The molecule has 0 radical (unpaired) electrons. The van der Waals surface area contributed by atoms with Gasteiger partial charge in [0.1, 0.15) is 17.4 Å². The summed E-state index contributed by atoms with van der Waals surface area (Å²) in [6, 6.07) is 15.0. The van der Waals surface area contributed by atoms with Crippen LogP contribution in [0.2, 0.25) is 0 Å². The van der Waals surface area contributed by atoms with Gasteiger partial charge in [0.25, 0.3) is 5.91 Å². The van der Waals surface area contributed by atoms with Crippen LogP contribution in [0.3, 0.4) is 0 Å². The second kappa shape index (κ2) is 7.58. The first-order valence-corrected chi connectivity index (χ1v) is 8.32. The topological polar surface area (TPSA) is 77.9 Å². The molecule has 0 aliphatic heterocycles. The van der Waals surface area contributed by atoms with Crippen LogP contribution >= 0.6 is 0 Å². The second-order valence-electron chi connectivity index (χ2n) is 5.79. The SMILES string of the molecule is CCc1cccc2c(/C=C(\C#N)C(=O)Nc3ccc(OC)cc3)c[nH]c12. The zero-order chi connectivity index (χ0) is 18.5. The van der Waals surface area contributed by atoms with Gasteiger partial charge in [-0.25, -0.2) is 0 Å². The molecule has 5 nitrogen and oxygen atoms in total. The fourth-order valence-electron chi connectivity index (χ4n) is 2.83. The van der Waals surface area contributed by atoms with E-state index >= 15 is 0 Å². The Morgan fingerprint density at radius 2 is 2.04 bits per heavy atom. The average molecular weight is 345 g/mol. The molecule has 1 amide bonds. The summed E-state index contributed by atoms with van der Waals surface area (Å²) >= 11 is 0. The van der Waals surface area contributed by atoms with Crippen molar-refractivity contribution in [1.82, 2.24) is 4.98 Å². The number of aromatic nitrogens is 1. The molecule has 0 atom stereocenters. The molecular formula is C21H19N3O2. The predicted octanol–water partition coefficient (Wildman–Crippen LogP) is 4.28. The number of methoxy groups -OCH3 is 1. The number of para-hydroxylation sites is 1. The molecule has 5 heteroatoms. The Hall–Kier alpha value is -3.52. The number of benzene rings is 2. The number of carbonyl (C=O) groups excluding carboxylic acids is 1. The number of nitrogens with zero attached hydrogens (tertiary/aromatic N) is 1. The monoisotopic (exact) mass is 345 g/mol. The molecule has 1 aromatic heterocycles. The lowest BCUT2D eigenvalue weighted by Gasteiger charge is -2.05. The highest BCUT2D eigenvalue weighted by molar-refractivity contribution is 6.10. The Morgan fingerprint density at radius 1 is 1.27 bits per heavy atom. The molecule has 0 saturated heterocycles. The van der Waals surface area contributed by atoms with Crippen molar-refractivity contribution in [2.75, 3.05) is 12.4 Å². The lowest BCUT2D eigenvalue weighted by Crippen LogP contribution is -2.13. The van der Waals surface area contributed by atoms with Gasteiger partial charge in [-0.15, -0.1) is 0 Å². The first-order chi connectivity index (χ1) is 12.7. The van der Waals surface area contributed by atoms with Crippen LogP contribution in [-0.2, 0) is 11.2 Å². The molecular weight excluding hydrogens is 326 g/mol. The first-order valence-electron chi connectivity index (χ1n) is 8.32. The number of nitrogens with one attached hydrogen (secondary N) is 2. The van der Waals surface area contributed by atoms with E-state index in [0.717, 1.165) is 22.9 Å². The van der Waals surface area contributed by atoms with E-state index in [1.54, 1.807) is 37.5 Å². The third-order valence-corrected chi connectivity index (χ3v) is 4.23. The lowest BCUT2D eigenvalue weighted by molar-refractivity contribution is -0.112. The Labute approximate surface area is 151 Å². The summed E-state index contributed by atoms with van der Waals surface area (Å²) in [5, 5.41) is 13.1. The van der Waals surface area contributed by atoms with Crippen LogP contribution in [0.15, 0.2) is 54.2 Å². The molecule has 130 valence electrons. The summed E-state index contributed by atoms with van der Waals surface area (Å²) in [7, 11) is 1.58. The molecule has 2 aromatic carbocycles. The van der Waals surface area contributed by atoms with Crippen molar-refractivity contribution in [3.05, 3.63) is 65.4 Å². The van der Waals surface area contributed by atoms with Crippen LogP contribution in [0, 0.1) is 11.3 Å². The fraction of sp³-hybridized carbons (Fsp3) is 0.143. The van der Waals surface area contributed by atoms with Crippen molar-refractivity contribution >= 4 is 28.6 Å². The summed E-state index contributed by atoms with van der Waals surface area (Å²) < 4.78 is 5.09. The van der Waals surface area contributed by atoms with Crippen LogP contribution in [0.25, 0.3) is 17.0 Å². The highest BCUT2D eigenvalue weighted by Gasteiger charge is 2.12. The molecule has 26 heavy (non-hydrogen) atoms. The number of aryl methyl sites for hydroxylation is 1. The van der Waals surface area contributed by atoms with Crippen molar-refractivity contribution in [3.63, 3.8) is 0 Å². The van der Waals surface area contributed by atoms with E-state index in [1.165, 1.54) is 5.56 Å². The highest BCUT2D eigenvalue weighted by atomic mass is 16.5. The van der Waals surface area contributed by atoms with Gasteiger partial charge in [-0.2, -0.15) is 5.26 Å². The number of rotatable bonds is 5. The third-order valence-electron chi connectivity index (χ3n) is 4.23. The molecule has 0 bridgehead atoms. The number of ether oxygens (including phenoxy) is 1. The van der Waals surface area contributed by atoms with Crippen molar-refractivity contribution in [2.45, 2.75) is 13.3 Å². The Balaban J connectivity index is 1.88. The lowest BCUT2D eigenvalue weighted by atomic mass is 10.1. The van der Waals surface area contributed by atoms with Crippen molar-refractivity contribution in [1.29, 1.82) is 5.26 Å². The maximum Gasteiger partial charge on any atom is 0.266 e. The Kier molecular flexibility index (Phi) is 5.04. The minimum atomic E-state index is -0.446. The van der Waals surface area contributed by atoms with Crippen LogP contribution in [0.5, 0.6) is 5.75 Å². The van der Waals surface area contributed by atoms with E-state index in [4.69, 9.17) is 4.74 Å². The van der Waals surface area contributed by atoms with Crippen molar-refractivity contribution in [3.8, 4) is 11.8 Å². The molecule has 2 N–H and O–H groups in total. The van der Waals surface area contributed by atoms with E-state index in [9.17, 15) is 10.1 Å². The number of amides is 1. The zero-order valence-corrected chi connectivity index (χ0v) is 14.7. The predicted molar refractivity (Wildman–Crippen MR) is 103 cm³/mol. The van der Waals surface area contributed by atoms with Crippen molar-refractivity contribution < 1.29 is 9.53 Å². The zero-order valence-electron chi connectivity index (χ0n) is 14.7. The molecule has 0 saturated carbocycles. The van der Waals surface area contributed by atoms with E-state index in [-0.39, 0.29) is 5.57 Å². The fourth-order valence-corrected chi connectivity index (χ4v) is 2.83. The number of hydrogen-bond acceptors (Lipinski definition) is 3. The maximum atomic E-state index is 12.4. The summed E-state index contributed by atoms with van der Waals surface area (Å²) in [6.45, 7) is 2.09. The van der Waals surface area contributed by atoms with Gasteiger partial charge in [0.2, 0.25) is 0 Å². The largest absolute Gasteiger partial charge is 0.497 e. The van der Waals surface area contributed by atoms with E-state index in [0.29, 0.717) is 11.4 Å². The maximum absolute atomic E-state index is 12.4. The minimum Gasteiger partial charge on any atom is -0.497 e. The van der Waals surface area contributed by atoms with Crippen molar-refractivity contribution in [2.24, 2.45) is 0 Å². The summed E-state index contributed by atoms with van der Waals surface area (Å²) in [6.07, 6.45) is 4.34. The molecule has 0 spiro atoms. The molecule has 0 fully saturated rings. The first kappa shape index (κ1) is 17.3. The van der Waals surface area contributed by atoms with Gasteiger partial charge >= 0.3 is 0 Å². The van der Waals surface area contributed by atoms with Gasteiger partial charge < -0.3 is 15.0 Å². The number of nitriles is 1. The summed E-state index contributed by atoms with van der Waals surface area (Å²) in [4.78, 5) is 15.7. The summed E-state index contributed by atoms with van der Waals surface area (Å²) in [5.41, 5.74) is 3.70. The number of hydrogen-bond donors (Lipinski definition) is 2. The molecule has 1 heterocycles. The quantitative estimate of drug-likeness (QED) is 0.535. The second-order valence-corrected chi connectivity index (χ2v) is 5.79. The van der Waals surface area contributed by atoms with Gasteiger partial charge in [0, 0.05) is 28.4 Å². The summed E-state index contributed by atoms with van der Waals surface area (Å²) in [5.74, 6) is 0.253. The number of H-pyrrole nitrogens is 1. The third kappa shape index (κ3) is 3.45. The van der Waals surface area contributed by atoms with E-state index < -0.39 is 5.91 Å². The van der Waals surface area contributed by atoms with Crippen LogP contribution in [-0.4, -0.2) is 18.0 Å². The van der Waals surface area contributed by atoms with Gasteiger partial charge in [-0.1, -0.05) is 25.1 Å². The normalized spacial score (nSPS) is 11.2. The Morgan fingerprint density at radius 3 is 2.69 bits per heavy atom. The van der Waals surface area contributed by atoms with Crippen LogP contribution < -0.4 is 10.1 Å². The number of fused-ring (bicyclic) bond motifs is 1. The van der Waals surface area contributed by atoms with Crippen LogP contribution in [0.4, 0.5) is 5.69 Å². The Bertz CT molecular complexity index is 1010. The number of aromatic amines is 1. The number of carbonyl (C=O) groups is 1. The van der Waals surface area contributed by atoms with Gasteiger partial charge in [0.05, 0.1) is 7.11 Å². The van der Waals surface area contributed by atoms with Gasteiger partial charge in [-0.3, -0.25) is 4.79 Å². The van der Waals surface area contributed by atoms with Gasteiger partial charge in [-0.05, 0) is 42.3 Å². The van der Waals surface area contributed by atoms with Gasteiger partial charge in [0.15, 0.2) is 0 Å². The van der Waals surface area contributed by atoms with Crippen LogP contribution in [0.1, 0.15) is 18.1 Å². The standard InChI is InChI=1S/C21H19N3O2/c1-3-14-5-4-6-19-16(13-23-20(14)19)11-15(12-22)21(25)24-17-7-9-18(26-2)10-8-17/h4-11,13,23H,3H2,1-2H3,(H,24,25)/b15-11+. The average Bonchev–Trinajstić information content (AvgIpc) is 3.09. The molecule has 0 aliphatic carbocycles. The number of anilines is 1. The molecule has 0 unspecified atom stereocenters. The minimum absolute atomic E-state index is 0.0450. The smallest absolute Gasteiger partial charge is 0.266 e. The highest BCUT2D eigenvalue weighted by Crippen LogP contribution is 2.24. The molecule has 0 aliphatic rings. The van der Waals surface area contributed by atoms with E-state index in [1.807, 2.05) is 24.4 Å². The molecule has 3 aromatic rings.